The van der Waals surface area contributed by atoms with Crippen molar-refractivity contribution >= 4 is 28.7 Å². The van der Waals surface area contributed by atoms with Crippen molar-refractivity contribution in [2.75, 3.05) is 12.3 Å². The number of nitrogens with one attached hydrogen (secondary N) is 1. The zero-order valence-corrected chi connectivity index (χ0v) is 19.1. The van der Waals surface area contributed by atoms with Gasteiger partial charge in [0.05, 0.1) is 11.9 Å². The van der Waals surface area contributed by atoms with Gasteiger partial charge in [0.1, 0.15) is 5.75 Å². The first-order valence-corrected chi connectivity index (χ1v) is 11.3. The molecule has 1 saturated heterocycles. The van der Waals surface area contributed by atoms with Gasteiger partial charge in [0.2, 0.25) is 11.6 Å². The van der Waals surface area contributed by atoms with Gasteiger partial charge < -0.3 is 10.8 Å². The highest BCUT2D eigenvalue weighted by atomic mass is 16.6. The minimum absolute atomic E-state index is 0.0410. The Morgan fingerprint density at radius 3 is 2.94 bits per heavy atom. The molecule has 3 heterocycles. The molecule has 12 nitrogen and oxygen atoms in total. The van der Waals surface area contributed by atoms with Crippen LogP contribution < -0.4 is 11.2 Å². The second-order valence-corrected chi connectivity index (χ2v) is 8.50. The van der Waals surface area contributed by atoms with Gasteiger partial charge in [-0.25, -0.2) is 10.1 Å². The van der Waals surface area contributed by atoms with Gasteiger partial charge in [0.15, 0.2) is 5.69 Å². The summed E-state index contributed by atoms with van der Waals surface area (Å²) in [4.78, 5) is 15.3. The van der Waals surface area contributed by atoms with E-state index >= 15 is 0 Å². The molecule has 2 aromatic carbocycles. The molecule has 4 N–H and O–H groups in total. The van der Waals surface area contributed by atoms with Gasteiger partial charge in [-0.3, -0.25) is 9.69 Å². The molecule has 2 aromatic heterocycles. The summed E-state index contributed by atoms with van der Waals surface area (Å²) in [6.07, 6.45) is 4.71. The van der Waals surface area contributed by atoms with Crippen LogP contribution in [-0.2, 0) is 6.54 Å². The van der Waals surface area contributed by atoms with Crippen LogP contribution >= 0.6 is 0 Å². The lowest BCUT2D eigenvalue weighted by Crippen LogP contribution is -2.38. The first kappa shape index (κ1) is 22.5. The SMILES string of the molecule is C[C@H]1CCCCN1Cc1c(C(=O)N/N=C/c2c(O)ccc3ccccc23)nnn1-c1nonc1N. The van der Waals surface area contributed by atoms with E-state index < -0.39 is 5.91 Å². The molecule has 0 unspecified atom stereocenters. The fourth-order valence-electron chi connectivity index (χ4n) is 4.34. The minimum Gasteiger partial charge on any atom is -0.507 e. The highest BCUT2D eigenvalue weighted by Gasteiger charge is 2.28. The number of carbonyl (C=O) groups excluding carboxylic acids is 1. The Morgan fingerprint density at radius 1 is 1.29 bits per heavy atom. The molecule has 1 fully saturated rings. The molecule has 12 heteroatoms. The smallest absolute Gasteiger partial charge is 0.293 e. The Morgan fingerprint density at radius 2 is 2.14 bits per heavy atom. The molecule has 1 amide bonds. The van der Waals surface area contributed by atoms with Crippen LogP contribution in [0.4, 0.5) is 5.82 Å². The van der Waals surface area contributed by atoms with Crippen molar-refractivity contribution in [3.8, 4) is 11.6 Å². The summed E-state index contributed by atoms with van der Waals surface area (Å²) in [5.41, 5.74) is 9.46. The van der Waals surface area contributed by atoms with Crippen molar-refractivity contribution in [3.63, 3.8) is 0 Å². The number of nitrogen functional groups attached to an aromatic ring is 1. The van der Waals surface area contributed by atoms with Crippen molar-refractivity contribution in [2.45, 2.75) is 38.8 Å². The number of phenols is 1. The highest BCUT2D eigenvalue weighted by molar-refractivity contribution is 6.03. The molecule has 0 spiro atoms. The van der Waals surface area contributed by atoms with Crippen LogP contribution in [-0.4, -0.2) is 60.0 Å². The number of nitrogens with two attached hydrogens (primary N) is 1. The van der Waals surface area contributed by atoms with Crippen LogP contribution in [0.15, 0.2) is 46.1 Å². The quantitative estimate of drug-likeness (QED) is 0.280. The Hall–Kier alpha value is -4.32. The summed E-state index contributed by atoms with van der Waals surface area (Å²) in [6, 6.07) is 11.3. The Kier molecular flexibility index (Phi) is 6.10. The van der Waals surface area contributed by atoms with Crippen LogP contribution in [0.2, 0.25) is 0 Å². The molecule has 5 rings (SSSR count). The maximum absolute atomic E-state index is 13.1. The molecule has 4 aromatic rings. The molecule has 1 aliphatic heterocycles. The lowest BCUT2D eigenvalue weighted by Gasteiger charge is -2.33. The Labute approximate surface area is 200 Å². The Balaban J connectivity index is 1.43. The third-order valence-corrected chi connectivity index (χ3v) is 6.28. The summed E-state index contributed by atoms with van der Waals surface area (Å²) in [5.74, 6) is -0.289. The van der Waals surface area contributed by atoms with Gasteiger partial charge in [-0.1, -0.05) is 42.0 Å². The molecule has 1 aliphatic rings. The molecule has 35 heavy (non-hydrogen) atoms. The highest BCUT2D eigenvalue weighted by Crippen LogP contribution is 2.26. The number of amides is 1. The number of piperidine rings is 1. The van der Waals surface area contributed by atoms with Crippen molar-refractivity contribution in [3.05, 3.63) is 53.3 Å². The molecular weight excluding hydrogens is 450 g/mol. The third-order valence-electron chi connectivity index (χ3n) is 6.28. The van der Waals surface area contributed by atoms with E-state index in [1.807, 2.05) is 30.3 Å². The predicted octanol–water partition coefficient (Wildman–Crippen LogP) is 2.23. The van der Waals surface area contributed by atoms with Crippen LogP contribution in [0.5, 0.6) is 5.75 Å². The molecule has 1 atom stereocenters. The number of hydrogen-bond acceptors (Lipinski definition) is 10. The number of phenolic OH excluding ortho intramolecular Hbond substituents is 1. The summed E-state index contributed by atoms with van der Waals surface area (Å²) in [6.45, 7) is 3.45. The maximum Gasteiger partial charge on any atom is 0.293 e. The van der Waals surface area contributed by atoms with E-state index in [1.54, 1.807) is 6.07 Å². The van der Waals surface area contributed by atoms with Crippen molar-refractivity contribution < 1.29 is 14.5 Å². The van der Waals surface area contributed by atoms with E-state index in [2.05, 4.69) is 43.0 Å². The number of hydrogen-bond donors (Lipinski definition) is 3. The first-order chi connectivity index (χ1) is 17.0. The maximum atomic E-state index is 13.1. The van der Waals surface area contributed by atoms with Crippen molar-refractivity contribution in [1.82, 2.24) is 35.6 Å². The molecule has 180 valence electrons. The van der Waals surface area contributed by atoms with Gasteiger partial charge in [-0.2, -0.15) is 9.78 Å². The number of fused-ring (bicyclic) bond motifs is 1. The largest absolute Gasteiger partial charge is 0.507 e. The van der Waals surface area contributed by atoms with Gasteiger partial charge in [-0.15, -0.1) is 5.10 Å². The summed E-state index contributed by atoms with van der Waals surface area (Å²) < 4.78 is 6.10. The molecular formula is C23H25N9O3. The summed E-state index contributed by atoms with van der Waals surface area (Å²) in [7, 11) is 0. The van der Waals surface area contributed by atoms with Gasteiger partial charge in [-0.05, 0) is 53.5 Å². The summed E-state index contributed by atoms with van der Waals surface area (Å²) in [5, 5.41) is 31.7. The van der Waals surface area contributed by atoms with E-state index in [0.29, 0.717) is 23.8 Å². The zero-order valence-electron chi connectivity index (χ0n) is 19.1. The summed E-state index contributed by atoms with van der Waals surface area (Å²) >= 11 is 0. The van der Waals surface area contributed by atoms with Crippen LogP contribution in [0.3, 0.4) is 0 Å². The average Bonchev–Trinajstić information content (AvgIpc) is 3.47. The minimum atomic E-state index is -0.554. The number of aromatic nitrogens is 5. The van der Waals surface area contributed by atoms with E-state index in [-0.39, 0.29) is 23.1 Å². The number of rotatable bonds is 6. The number of hydrazone groups is 1. The Bertz CT molecular complexity index is 1390. The number of nitrogens with zero attached hydrogens (tertiary/aromatic N) is 7. The first-order valence-electron chi connectivity index (χ1n) is 11.3. The number of aromatic hydroxyl groups is 1. The number of anilines is 1. The van der Waals surface area contributed by atoms with Crippen LogP contribution in [0.1, 0.15) is 47.9 Å². The second kappa shape index (κ2) is 9.50. The molecule has 0 saturated carbocycles. The van der Waals surface area contributed by atoms with E-state index in [4.69, 9.17) is 10.4 Å². The van der Waals surface area contributed by atoms with E-state index in [0.717, 1.165) is 30.2 Å². The molecule has 0 radical (unpaired) electrons. The number of benzene rings is 2. The lowest BCUT2D eigenvalue weighted by molar-refractivity contribution is 0.0945. The fraction of sp³-hybridized carbons (Fsp3) is 0.304. The predicted molar refractivity (Wildman–Crippen MR) is 128 cm³/mol. The normalized spacial score (nSPS) is 16.8. The topological polar surface area (TPSA) is 161 Å². The monoisotopic (exact) mass is 475 g/mol. The van der Waals surface area contributed by atoms with Crippen LogP contribution in [0, 0.1) is 0 Å². The van der Waals surface area contributed by atoms with Crippen molar-refractivity contribution in [2.24, 2.45) is 5.10 Å². The lowest BCUT2D eigenvalue weighted by atomic mass is 10.0. The van der Waals surface area contributed by atoms with Gasteiger partial charge >= 0.3 is 0 Å². The van der Waals surface area contributed by atoms with Gasteiger partial charge in [0, 0.05) is 18.2 Å². The second-order valence-electron chi connectivity index (χ2n) is 8.50. The zero-order chi connectivity index (χ0) is 24.4. The molecule has 0 bridgehead atoms. The standard InChI is InChI=1S/C23H25N9O3/c1-14-6-4-5-11-31(14)13-18-20(26-30-32(18)22-21(24)28-35-29-22)23(34)27-25-12-17-16-8-3-2-7-15(16)9-10-19(17)33/h2-3,7-10,12,14,33H,4-6,11,13H2,1H3,(H2,24,28)(H,27,34)/b25-12+/t14-/m0/s1. The fourth-order valence-corrected chi connectivity index (χ4v) is 4.34. The van der Waals surface area contributed by atoms with Gasteiger partial charge in [0.25, 0.3) is 5.91 Å². The van der Waals surface area contributed by atoms with Crippen molar-refractivity contribution in [1.29, 1.82) is 0 Å². The van der Waals surface area contributed by atoms with E-state index in [1.165, 1.54) is 17.3 Å². The number of likely N-dealkylation sites (tertiary alicyclic amines) is 1. The van der Waals surface area contributed by atoms with E-state index in [9.17, 15) is 9.90 Å². The molecule has 0 aliphatic carbocycles. The average molecular weight is 476 g/mol. The third kappa shape index (κ3) is 4.43. The van der Waals surface area contributed by atoms with Crippen LogP contribution in [0.25, 0.3) is 16.6 Å². The number of carbonyl (C=O) groups is 1.